The average Bonchev–Trinajstić information content (AvgIpc) is 3.31. The number of methoxy groups -OCH3 is 2. The molecule has 0 radical (unpaired) electrons. The normalized spacial score (nSPS) is 15.9. The van der Waals surface area contributed by atoms with Crippen molar-refractivity contribution in [1.29, 1.82) is 0 Å². The molecule has 0 saturated heterocycles. The molecule has 0 aromatic heterocycles. The molecule has 1 aliphatic carbocycles. The van der Waals surface area contributed by atoms with Crippen molar-refractivity contribution in [3.05, 3.63) is 23.8 Å². The van der Waals surface area contributed by atoms with Crippen molar-refractivity contribution >= 4 is 0 Å². The fourth-order valence-corrected chi connectivity index (χ4v) is 2.30. The number of nitrogens with one attached hydrogen (secondary N) is 1. The molecule has 112 valence electrons. The van der Waals surface area contributed by atoms with Crippen molar-refractivity contribution < 1.29 is 14.2 Å². The second kappa shape index (κ2) is 7.50. The van der Waals surface area contributed by atoms with Crippen LogP contribution in [0.15, 0.2) is 18.2 Å². The van der Waals surface area contributed by atoms with E-state index in [1.807, 2.05) is 25.2 Å². The van der Waals surface area contributed by atoms with Crippen molar-refractivity contribution in [2.24, 2.45) is 5.92 Å². The minimum absolute atomic E-state index is 0.110. The fraction of sp³-hybridized carbons (Fsp3) is 0.625. The first-order valence-electron chi connectivity index (χ1n) is 7.25. The standard InChI is InChI=1S/C16H25NO3/c1-17-15(11-20-9-8-12-4-5-12)14-10-13(18-2)6-7-16(14)19-3/h6-7,10,12,15,17H,4-5,8-9,11H2,1-3H3. The molecule has 1 unspecified atom stereocenters. The predicted octanol–water partition coefficient (Wildman–Crippen LogP) is 2.78. The van der Waals surface area contributed by atoms with E-state index in [0.717, 1.165) is 29.6 Å². The zero-order valence-corrected chi connectivity index (χ0v) is 12.6. The Bertz CT molecular complexity index is 418. The first-order valence-corrected chi connectivity index (χ1v) is 7.25. The van der Waals surface area contributed by atoms with E-state index in [2.05, 4.69) is 5.32 Å². The summed E-state index contributed by atoms with van der Waals surface area (Å²) in [5, 5.41) is 3.29. The molecule has 20 heavy (non-hydrogen) atoms. The Balaban J connectivity index is 1.96. The Hall–Kier alpha value is -1.26. The van der Waals surface area contributed by atoms with E-state index in [1.165, 1.54) is 19.3 Å². The molecular weight excluding hydrogens is 254 g/mol. The van der Waals surface area contributed by atoms with Gasteiger partial charge in [-0.1, -0.05) is 12.8 Å². The lowest BCUT2D eigenvalue weighted by molar-refractivity contribution is 0.107. The monoisotopic (exact) mass is 279 g/mol. The minimum atomic E-state index is 0.110. The van der Waals surface area contributed by atoms with Crippen LogP contribution in [0.3, 0.4) is 0 Å². The van der Waals surface area contributed by atoms with Crippen molar-refractivity contribution in [2.75, 3.05) is 34.5 Å². The maximum atomic E-state index is 5.81. The number of rotatable bonds is 9. The molecule has 0 heterocycles. The first-order chi connectivity index (χ1) is 9.78. The van der Waals surface area contributed by atoms with Gasteiger partial charge in [0.1, 0.15) is 11.5 Å². The van der Waals surface area contributed by atoms with Crippen LogP contribution in [0.1, 0.15) is 30.9 Å². The van der Waals surface area contributed by atoms with Crippen LogP contribution >= 0.6 is 0 Å². The van der Waals surface area contributed by atoms with E-state index in [1.54, 1.807) is 14.2 Å². The van der Waals surface area contributed by atoms with Gasteiger partial charge in [-0.15, -0.1) is 0 Å². The number of hydrogen-bond donors (Lipinski definition) is 1. The third-order valence-corrected chi connectivity index (χ3v) is 3.81. The highest BCUT2D eigenvalue weighted by molar-refractivity contribution is 5.42. The number of benzene rings is 1. The van der Waals surface area contributed by atoms with E-state index in [-0.39, 0.29) is 6.04 Å². The van der Waals surface area contributed by atoms with Gasteiger partial charge in [-0.3, -0.25) is 0 Å². The van der Waals surface area contributed by atoms with Gasteiger partial charge in [0.25, 0.3) is 0 Å². The highest BCUT2D eigenvalue weighted by Gasteiger charge is 2.21. The summed E-state index contributed by atoms with van der Waals surface area (Å²) in [7, 11) is 5.30. The number of ether oxygens (including phenoxy) is 3. The molecule has 0 spiro atoms. The van der Waals surface area contributed by atoms with Crippen LogP contribution < -0.4 is 14.8 Å². The van der Waals surface area contributed by atoms with Crippen molar-refractivity contribution in [1.82, 2.24) is 5.32 Å². The average molecular weight is 279 g/mol. The molecule has 1 aromatic rings. The zero-order chi connectivity index (χ0) is 14.4. The highest BCUT2D eigenvalue weighted by atomic mass is 16.5. The van der Waals surface area contributed by atoms with Crippen molar-refractivity contribution in [3.63, 3.8) is 0 Å². The molecule has 1 aromatic carbocycles. The van der Waals surface area contributed by atoms with Gasteiger partial charge >= 0.3 is 0 Å². The maximum Gasteiger partial charge on any atom is 0.123 e. The third kappa shape index (κ3) is 4.12. The molecule has 0 amide bonds. The van der Waals surface area contributed by atoms with Crippen LogP contribution in [-0.2, 0) is 4.74 Å². The van der Waals surface area contributed by atoms with Gasteiger partial charge in [-0.05, 0) is 37.6 Å². The Kier molecular flexibility index (Phi) is 5.68. The topological polar surface area (TPSA) is 39.7 Å². The van der Waals surface area contributed by atoms with Gasteiger partial charge in [0, 0.05) is 12.2 Å². The van der Waals surface area contributed by atoms with E-state index in [0.29, 0.717) is 6.61 Å². The van der Waals surface area contributed by atoms with Crippen molar-refractivity contribution in [3.8, 4) is 11.5 Å². The van der Waals surface area contributed by atoms with Crippen LogP contribution in [0.25, 0.3) is 0 Å². The molecule has 1 fully saturated rings. The summed E-state index contributed by atoms with van der Waals surface area (Å²) in [5.74, 6) is 2.60. The highest BCUT2D eigenvalue weighted by Crippen LogP contribution is 2.32. The largest absolute Gasteiger partial charge is 0.497 e. The second-order valence-electron chi connectivity index (χ2n) is 5.26. The molecule has 2 rings (SSSR count). The minimum Gasteiger partial charge on any atom is -0.497 e. The summed E-state index contributed by atoms with van der Waals surface area (Å²) in [6.45, 7) is 1.49. The Morgan fingerprint density at radius 1 is 1.25 bits per heavy atom. The summed E-state index contributed by atoms with van der Waals surface area (Å²) in [4.78, 5) is 0. The number of likely N-dealkylation sites (N-methyl/N-ethyl adjacent to an activating group) is 1. The summed E-state index contributed by atoms with van der Waals surface area (Å²) in [6.07, 6.45) is 3.94. The quantitative estimate of drug-likeness (QED) is 0.706. The van der Waals surface area contributed by atoms with Crippen LogP contribution in [0.2, 0.25) is 0 Å². The summed E-state index contributed by atoms with van der Waals surface area (Å²) in [5.41, 5.74) is 1.07. The van der Waals surface area contributed by atoms with Gasteiger partial charge in [-0.25, -0.2) is 0 Å². The molecule has 0 aliphatic heterocycles. The zero-order valence-electron chi connectivity index (χ0n) is 12.6. The molecule has 1 N–H and O–H groups in total. The SMILES string of the molecule is CNC(COCCC1CC1)c1cc(OC)ccc1OC. The second-order valence-corrected chi connectivity index (χ2v) is 5.26. The predicted molar refractivity (Wildman–Crippen MR) is 79.5 cm³/mol. The van der Waals surface area contributed by atoms with E-state index < -0.39 is 0 Å². The lowest BCUT2D eigenvalue weighted by Gasteiger charge is -2.20. The molecule has 1 aliphatic rings. The molecule has 4 heteroatoms. The van der Waals surface area contributed by atoms with E-state index >= 15 is 0 Å². The van der Waals surface area contributed by atoms with Crippen LogP contribution in [0.5, 0.6) is 11.5 Å². The number of hydrogen-bond acceptors (Lipinski definition) is 4. The van der Waals surface area contributed by atoms with Crippen LogP contribution in [0.4, 0.5) is 0 Å². The van der Waals surface area contributed by atoms with Crippen molar-refractivity contribution in [2.45, 2.75) is 25.3 Å². The van der Waals surface area contributed by atoms with Gasteiger partial charge < -0.3 is 19.5 Å². The molecule has 0 bridgehead atoms. The van der Waals surface area contributed by atoms with E-state index in [4.69, 9.17) is 14.2 Å². The lowest BCUT2D eigenvalue weighted by Crippen LogP contribution is -2.22. The maximum absolute atomic E-state index is 5.81. The van der Waals surface area contributed by atoms with Crippen LogP contribution in [-0.4, -0.2) is 34.5 Å². The summed E-state index contributed by atoms with van der Waals surface area (Å²) >= 11 is 0. The van der Waals surface area contributed by atoms with Crippen LogP contribution in [0, 0.1) is 5.92 Å². The Morgan fingerprint density at radius 2 is 2.05 bits per heavy atom. The molecule has 4 nitrogen and oxygen atoms in total. The van der Waals surface area contributed by atoms with Gasteiger partial charge in [0.15, 0.2) is 0 Å². The summed E-state index contributed by atoms with van der Waals surface area (Å²) in [6, 6.07) is 5.95. The molecule has 1 saturated carbocycles. The lowest BCUT2D eigenvalue weighted by atomic mass is 10.1. The smallest absolute Gasteiger partial charge is 0.123 e. The van der Waals surface area contributed by atoms with Gasteiger partial charge in [0.2, 0.25) is 0 Å². The summed E-state index contributed by atoms with van der Waals surface area (Å²) < 4.78 is 16.5. The molecule has 1 atom stereocenters. The Morgan fingerprint density at radius 3 is 2.65 bits per heavy atom. The fourth-order valence-electron chi connectivity index (χ4n) is 2.30. The molecular formula is C16H25NO3. The van der Waals surface area contributed by atoms with Gasteiger partial charge in [0.05, 0.1) is 26.9 Å². The van der Waals surface area contributed by atoms with Gasteiger partial charge in [-0.2, -0.15) is 0 Å². The first kappa shape index (κ1) is 15.1. The Labute approximate surface area is 121 Å². The third-order valence-electron chi connectivity index (χ3n) is 3.81. The van der Waals surface area contributed by atoms with E-state index in [9.17, 15) is 0 Å².